The highest BCUT2D eigenvalue weighted by Gasteiger charge is 2.57. The molecule has 2 fully saturated rings. The summed E-state index contributed by atoms with van der Waals surface area (Å²) in [6.07, 6.45) is 4.07. The third-order valence-corrected chi connectivity index (χ3v) is 8.23. The fourth-order valence-electron chi connectivity index (χ4n) is 4.62. The quantitative estimate of drug-likeness (QED) is 0.0463. The van der Waals surface area contributed by atoms with Crippen LogP contribution >= 0.6 is 11.8 Å². The molecular weight excluding hydrogens is 518 g/mol. The minimum atomic E-state index is -1.12. The summed E-state index contributed by atoms with van der Waals surface area (Å²) < 4.78 is -0.866. The Morgan fingerprint density at radius 3 is 2.47 bits per heavy atom. The standard InChI is InChI=1S/C23H39N7O7S/c24-21(25)27-12-6-7-14(19(34)35)28-16(31)8-2-1-5-11-26-20(36)23(10-4-3-9-17(32)33)18-15(13-38-23)29-22(37)30-18/h14-15,18H,1-13H2,(H,26,36)(H,28,31)(H,32,33)(H,34,35)(H4,24,25,27)(H2,29,30,37)/t14-,15-,18-,23-/m0/s1. The zero-order valence-electron chi connectivity index (χ0n) is 21.4. The van der Waals surface area contributed by atoms with E-state index >= 15 is 0 Å². The lowest BCUT2D eigenvalue weighted by Crippen LogP contribution is -2.56. The van der Waals surface area contributed by atoms with E-state index in [1.807, 2.05) is 0 Å². The van der Waals surface area contributed by atoms with E-state index in [1.54, 1.807) is 0 Å². The number of aliphatic carboxylic acids is 2. The van der Waals surface area contributed by atoms with E-state index in [-0.39, 0.29) is 61.7 Å². The van der Waals surface area contributed by atoms with E-state index in [2.05, 4.69) is 26.3 Å². The van der Waals surface area contributed by atoms with Gasteiger partial charge in [-0.05, 0) is 38.5 Å². The molecule has 0 bridgehead atoms. The van der Waals surface area contributed by atoms with Gasteiger partial charge in [-0.3, -0.25) is 19.4 Å². The maximum absolute atomic E-state index is 13.2. The maximum atomic E-state index is 13.2. The summed E-state index contributed by atoms with van der Waals surface area (Å²) in [6, 6.07) is -1.84. The highest BCUT2D eigenvalue weighted by molar-refractivity contribution is 8.01. The number of carbonyl (C=O) groups is 5. The Kier molecular flexibility index (Phi) is 12.4. The fourth-order valence-corrected chi connectivity index (χ4v) is 6.27. The van der Waals surface area contributed by atoms with Gasteiger partial charge in [0.2, 0.25) is 11.8 Å². The van der Waals surface area contributed by atoms with Crippen LogP contribution in [0.3, 0.4) is 0 Å². The summed E-state index contributed by atoms with van der Waals surface area (Å²) in [7, 11) is 0. The van der Waals surface area contributed by atoms with Gasteiger partial charge in [-0.15, -0.1) is 11.8 Å². The van der Waals surface area contributed by atoms with Crippen molar-refractivity contribution in [2.24, 2.45) is 16.5 Å². The molecule has 4 amide bonds. The molecular formula is C23H39N7O7S. The predicted molar refractivity (Wildman–Crippen MR) is 141 cm³/mol. The normalized spacial score (nSPS) is 22.5. The lowest BCUT2D eigenvalue weighted by atomic mass is 9.88. The van der Waals surface area contributed by atoms with Crippen LogP contribution in [0.25, 0.3) is 0 Å². The number of rotatable bonds is 18. The third-order valence-electron chi connectivity index (χ3n) is 6.55. The number of nitrogens with zero attached hydrogens (tertiary/aromatic N) is 1. The van der Waals surface area contributed by atoms with Gasteiger partial charge in [0.05, 0.1) is 12.1 Å². The SMILES string of the molecule is NC(N)=NCCC[C@H](NC(=O)CCCCCNC(=O)[C@@]1(CCCCC(=O)O)SC[C@@H]2NC(=O)N[C@@H]21)C(=O)O. The Bertz CT molecular complexity index is 899. The van der Waals surface area contributed by atoms with Gasteiger partial charge in [0.15, 0.2) is 5.96 Å². The number of carboxylic acid groups (broad SMARTS) is 2. The summed E-state index contributed by atoms with van der Waals surface area (Å²) in [5.41, 5.74) is 10.5. The monoisotopic (exact) mass is 557 g/mol. The minimum Gasteiger partial charge on any atom is -0.481 e. The number of thioether (sulfide) groups is 1. The van der Waals surface area contributed by atoms with Gasteiger partial charge in [0.25, 0.3) is 0 Å². The average Bonchev–Trinajstić information content (AvgIpc) is 3.38. The van der Waals surface area contributed by atoms with Crippen LogP contribution in [0.2, 0.25) is 0 Å². The van der Waals surface area contributed by atoms with Crippen LogP contribution in [0.5, 0.6) is 0 Å². The number of hydrogen-bond acceptors (Lipinski definition) is 7. The molecule has 0 aliphatic carbocycles. The summed E-state index contributed by atoms with van der Waals surface area (Å²) in [5.74, 6) is -2.03. The molecule has 14 nitrogen and oxygen atoms in total. The Labute approximate surface area is 225 Å². The van der Waals surface area contributed by atoms with Crippen molar-refractivity contribution in [1.29, 1.82) is 0 Å². The Morgan fingerprint density at radius 2 is 1.79 bits per heavy atom. The fraction of sp³-hybridized carbons (Fsp3) is 0.739. The van der Waals surface area contributed by atoms with Gasteiger partial charge < -0.3 is 42.9 Å². The molecule has 0 unspecified atom stereocenters. The number of hydrogen-bond donors (Lipinski definition) is 8. The van der Waals surface area contributed by atoms with Crippen LogP contribution < -0.4 is 32.7 Å². The van der Waals surface area contributed by atoms with E-state index in [1.165, 1.54) is 11.8 Å². The number of carboxylic acids is 2. The van der Waals surface area contributed by atoms with Crippen molar-refractivity contribution in [3.63, 3.8) is 0 Å². The zero-order chi connectivity index (χ0) is 28.1. The van der Waals surface area contributed by atoms with Gasteiger partial charge in [-0.25, -0.2) is 9.59 Å². The van der Waals surface area contributed by atoms with Crippen molar-refractivity contribution >= 4 is 47.5 Å². The summed E-state index contributed by atoms with van der Waals surface area (Å²) in [6.45, 7) is 0.666. The minimum absolute atomic E-state index is 0.0276. The van der Waals surface area contributed by atoms with Crippen LogP contribution in [0, 0.1) is 0 Å². The molecule has 4 atom stereocenters. The predicted octanol–water partition coefficient (Wildman–Crippen LogP) is -0.533. The van der Waals surface area contributed by atoms with Crippen LogP contribution in [-0.2, 0) is 19.2 Å². The first kappa shape index (κ1) is 31.0. The van der Waals surface area contributed by atoms with Gasteiger partial charge >= 0.3 is 18.0 Å². The third kappa shape index (κ3) is 9.58. The first-order valence-corrected chi connectivity index (χ1v) is 13.8. The van der Waals surface area contributed by atoms with Crippen LogP contribution in [0.4, 0.5) is 4.79 Å². The number of amides is 4. The van der Waals surface area contributed by atoms with Crippen molar-refractivity contribution in [2.45, 2.75) is 87.1 Å². The topological polar surface area (TPSA) is 238 Å². The first-order chi connectivity index (χ1) is 18.0. The molecule has 15 heteroatoms. The molecule has 10 N–H and O–H groups in total. The van der Waals surface area contributed by atoms with Crippen molar-refractivity contribution < 1.29 is 34.2 Å². The number of guanidine groups is 1. The van der Waals surface area contributed by atoms with Crippen LogP contribution in [0.15, 0.2) is 4.99 Å². The smallest absolute Gasteiger partial charge is 0.326 e. The summed E-state index contributed by atoms with van der Waals surface area (Å²) >= 11 is 1.48. The summed E-state index contributed by atoms with van der Waals surface area (Å²) in [4.78, 5) is 63.3. The second kappa shape index (κ2) is 15.2. The molecule has 0 saturated carbocycles. The largest absolute Gasteiger partial charge is 0.481 e. The van der Waals surface area contributed by atoms with E-state index in [0.29, 0.717) is 57.2 Å². The van der Waals surface area contributed by atoms with Crippen molar-refractivity contribution in [1.82, 2.24) is 21.3 Å². The molecule has 2 aliphatic rings. The molecule has 214 valence electrons. The van der Waals surface area contributed by atoms with Gasteiger partial charge in [-0.1, -0.05) is 12.8 Å². The van der Waals surface area contributed by atoms with Gasteiger partial charge in [0, 0.05) is 31.7 Å². The number of urea groups is 1. The molecule has 2 rings (SSSR count). The van der Waals surface area contributed by atoms with Gasteiger partial charge in [-0.2, -0.15) is 0 Å². The van der Waals surface area contributed by atoms with E-state index < -0.39 is 22.7 Å². The molecule has 0 spiro atoms. The zero-order valence-corrected chi connectivity index (χ0v) is 22.2. The number of carbonyl (C=O) groups excluding carboxylic acids is 3. The van der Waals surface area contributed by atoms with E-state index in [0.717, 1.165) is 0 Å². The maximum Gasteiger partial charge on any atom is 0.326 e. The average molecular weight is 558 g/mol. The number of nitrogens with two attached hydrogens (primary N) is 2. The molecule has 0 aromatic carbocycles. The lowest BCUT2D eigenvalue weighted by molar-refractivity contribution is -0.142. The van der Waals surface area contributed by atoms with E-state index in [9.17, 15) is 29.1 Å². The number of unbranched alkanes of at least 4 members (excludes halogenated alkanes) is 3. The Balaban J connectivity index is 1.73. The lowest BCUT2D eigenvalue weighted by Gasteiger charge is -2.32. The number of nitrogens with one attached hydrogen (secondary N) is 4. The number of fused-ring (bicyclic) bond motifs is 1. The second-order valence-corrected chi connectivity index (χ2v) is 10.8. The van der Waals surface area contributed by atoms with Crippen molar-refractivity contribution in [2.75, 3.05) is 18.8 Å². The highest BCUT2D eigenvalue weighted by Crippen LogP contribution is 2.44. The van der Waals surface area contributed by atoms with Crippen LogP contribution in [-0.4, -0.2) is 87.7 Å². The molecule has 2 aliphatic heterocycles. The molecule has 0 aromatic heterocycles. The molecule has 2 saturated heterocycles. The first-order valence-electron chi connectivity index (χ1n) is 12.8. The van der Waals surface area contributed by atoms with Crippen molar-refractivity contribution in [3.8, 4) is 0 Å². The molecule has 0 radical (unpaired) electrons. The van der Waals surface area contributed by atoms with Crippen molar-refractivity contribution in [3.05, 3.63) is 0 Å². The van der Waals surface area contributed by atoms with Gasteiger partial charge in [0.1, 0.15) is 10.8 Å². The molecule has 2 heterocycles. The highest BCUT2D eigenvalue weighted by atomic mass is 32.2. The Morgan fingerprint density at radius 1 is 1.05 bits per heavy atom. The Hall–Kier alpha value is -3.23. The summed E-state index contributed by atoms with van der Waals surface area (Å²) in [5, 5.41) is 29.4. The van der Waals surface area contributed by atoms with Crippen LogP contribution in [0.1, 0.15) is 64.2 Å². The second-order valence-electron chi connectivity index (χ2n) is 9.48. The number of aliphatic imine (C=N–C) groups is 1. The molecule has 0 aromatic rings. The molecule has 38 heavy (non-hydrogen) atoms. The van der Waals surface area contributed by atoms with E-state index in [4.69, 9.17) is 16.6 Å².